The summed E-state index contributed by atoms with van der Waals surface area (Å²) in [7, 11) is 0. The number of carboxylic acids is 1. The van der Waals surface area contributed by atoms with E-state index in [1.54, 1.807) is 25.1 Å². The molecule has 5 heteroatoms. The van der Waals surface area contributed by atoms with Crippen molar-refractivity contribution in [1.82, 2.24) is 0 Å². The van der Waals surface area contributed by atoms with Gasteiger partial charge in [0.2, 0.25) is 11.8 Å². The van der Waals surface area contributed by atoms with Crippen molar-refractivity contribution >= 4 is 29.5 Å². The highest BCUT2D eigenvalue weighted by atomic mass is 16.4. The standard InChI is InChI=1S/C14H13NO4/c1-9-8-10(3-7-14(18)19)2-4-11(9)15-12(16)5-6-13(15)17/h2-4,7-8H,5-6H2,1H3,(H,18,19). The molecule has 1 saturated heterocycles. The molecule has 0 aliphatic carbocycles. The number of aliphatic carboxylic acids is 1. The highest BCUT2D eigenvalue weighted by molar-refractivity contribution is 6.20. The van der Waals surface area contributed by atoms with Crippen molar-refractivity contribution < 1.29 is 19.5 Å². The summed E-state index contributed by atoms with van der Waals surface area (Å²) in [5.74, 6) is -1.41. The van der Waals surface area contributed by atoms with Gasteiger partial charge in [-0.1, -0.05) is 6.07 Å². The zero-order valence-corrected chi connectivity index (χ0v) is 10.4. The van der Waals surface area contributed by atoms with E-state index in [2.05, 4.69) is 0 Å². The lowest BCUT2D eigenvalue weighted by atomic mass is 10.1. The van der Waals surface area contributed by atoms with Gasteiger partial charge in [-0.3, -0.25) is 14.5 Å². The minimum Gasteiger partial charge on any atom is -0.478 e. The quantitative estimate of drug-likeness (QED) is 0.662. The molecule has 5 nitrogen and oxygen atoms in total. The summed E-state index contributed by atoms with van der Waals surface area (Å²) in [6, 6.07) is 5.09. The lowest BCUT2D eigenvalue weighted by Gasteiger charge is -2.16. The maximum Gasteiger partial charge on any atom is 0.328 e. The molecule has 0 radical (unpaired) electrons. The van der Waals surface area contributed by atoms with E-state index in [0.717, 1.165) is 11.6 Å². The molecule has 1 aliphatic heterocycles. The zero-order valence-electron chi connectivity index (χ0n) is 10.4. The number of nitrogens with zero attached hydrogens (tertiary/aromatic N) is 1. The molecule has 2 amide bonds. The molecule has 98 valence electrons. The van der Waals surface area contributed by atoms with Gasteiger partial charge in [0, 0.05) is 18.9 Å². The van der Waals surface area contributed by atoms with Crippen molar-refractivity contribution in [3.05, 3.63) is 35.4 Å². The highest BCUT2D eigenvalue weighted by Crippen LogP contribution is 2.27. The van der Waals surface area contributed by atoms with Gasteiger partial charge in [0.25, 0.3) is 0 Å². The van der Waals surface area contributed by atoms with E-state index < -0.39 is 5.97 Å². The molecule has 1 aromatic carbocycles. The van der Waals surface area contributed by atoms with Gasteiger partial charge in [0.15, 0.2) is 0 Å². The van der Waals surface area contributed by atoms with Gasteiger partial charge in [-0.05, 0) is 36.3 Å². The van der Waals surface area contributed by atoms with Gasteiger partial charge in [-0.15, -0.1) is 0 Å². The largest absolute Gasteiger partial charge is 0.478 e. The monoisotopic (exact) mass is 259 g/mol. The van der Waals surface area contributed by atoms with Crippen LogP contribution < -0.4 is 4.90 Å². The fourth-order valence-corrected chi connectivity index (χ4v) is 2.05. The van der Waals surface area contributed by atoms with Crippen LogP contribution in [0, 0.1) is 6.92 Å². The van der Waals surface area contributed by atoms with E-state index in [4.69, 9.17) is 5.11 Å². The molecule has 0 unspecified atom stereocenters. The first-order valence-corrected chi connectivity index (χ1v) is 5.86. The summed E-state index contributed by atoms with van der Waals surface area (Å²) in [6.07, 6.45) is 3.01. The van der Waals surface area contributed by atoms with E-state index >= 15 is 0 Å². The molecule has 1 N–H and O–H groups in total. The second-order valence-electron chi connectivity index (χ2n) is 4.34. The summed E-state index contributed by atoms with van der Waals surface area (Å²) in [6.45, 7) is 1.78. The first-order chi connectivity index (χ1) is 8.99. The molecule has 1 aliphatic rings. The van der Waals surface area contributed by atoms with Crippen LogP contribution in [-0.2, 0) is 14.4 Å². The van der Waals surface area contributed by atoms with Crippen LogP contribution in [0.25, 0.3) is 6.08 Å². The first-order valence-electron chi connectivity index (χ1n) is 5.86. The average Bonchev–Trinajstić information content (AvgIpc) is 2.67. The number of amides is 2. The Bertz CT molecular complexity index is 573. The normalized spacial score (nSPS) is 15.5. The molecular formula is C14H13NO4. The Balaban J connectivity index is 2.32. The maximum atomic E-state index is 11.7. The summed E-state index contributed by atoms with van der Waals surface area (Å²) in [5.41, 5.74) is 2.04. The summed E-state index contributed by atoms with van der Waals surface area (Å²) >= 11 is 0. The van der Waals surface area contributed by atoms with Crippen LogP contribution >= 0.6 is 0 Å². The molecule has 1 heterocycles. The van der Waals surface area contributed by atoms with Gasteiger partial charge in [-0.2, -0.15) is 0 Å². The van der Waals surface area contributed by atoms with Gasteiger partial charge >= 0.3 is 5.97 Å². The number of aryl methyl sites for hydroxylation is 1. The summed E-state index contributed by atoms with van der Waals surface area (Å²) in [5, 5.41) is 8.56. The van der Waals surface area contributed by atoms with Crippen LogP contribution in [0.3, 0.4) is 0 Å². The third-order valence-electron chi connectivity index (χ3n) is 2.93. The number of rotatable bonds is 3. The van der Waals surface area contributed by atoms with Gasteiger partial charge in [-0.25, -0.2) is 4.79 Å². The molecule has 1 fully saturated rings. The SMILES string of the molecule is Cc1cc(C=CC(=O)O)ccc1N1C(=O)CCC1=O. The minimum absolute atomic E-state index is 0.193. The Morgan fingerprint density at radius 1 is 1.26 bits per heavy atom. The van der Waals surface area contributed by atoms with E-state index in [-0.39, 0.29) is 24.7 Å². The predicted molar refractivity (Wildman–Crippen MR) is 69.6 cm³/mol. The third-order valence-corrected chi connectivity index (χ3v) is 2.93. The zero-order chi connectivity index (χ0) is 14.0. The van der Waals surface area contributed by atoms with Crippen molar-refractivity contribution in [2.24, 2.45) is 0 Å². The number of benzene rings is 1. The number of hydrogen-bond acceptors (Lipinski definition) is 3. The smallest absolute Gasteiger partial charge is 0.328 e. The minimum atomic E-state index is -1.02. The van der Waals surface area contributed by atoms with Crippen LogP contribution in [0.15, 0.2) is 24.3 Å². The number of hydrogen-bond donors (Lipinski definition) is 1. The van der Waals surface area contributed by atoms with E-state index in [0.29, 0.717) is 11.3 Å². The average molecular weight is 259 g/mol. The number of anilines is 1. The molecule has 0 aromatic heterocycles. The fraction of sp³-hybridized carbons (Fsp3) is 0.214. The topological polar surface area (TPSA) is 74.7 Å². The molecular weight excluding hydrogens is 246 g/mol. The van der Waals surface area contributed by atoms with Crippen LogP contribution in [-0.4, -0.2) is 22.9 Å². The highest BCUT2D eigenvalue weighted by Gasteiger charge is 2.30. The summed E-state index contributed by atoms with van der Waals surface area (Å²) in [4.78, 5) is 34.9. The van der Waals surface area contributed by atoms with Crippen molar-refractivity contribution in [3.63, 3.8) is 0 Å². The third kappa shape index (κ3) is 2.70. The number of carbonyl (C=O) groups excluding carboxylic acids is 2. The first kappa shape index (κ1) is 13.0. The number of carbonyl (C=O) groups is 3. The summed E-state index contributed by atoms with van der Waals surface area (Å²) < 4.78 is 0. The van der Waals surface area contributed by atoms with E-state index in [1.807, 2.05) is 0 Å². The lowest BCUT2D eigenvalue weighted by molar-refractivity contribution is -0.131. The van der Waals surface area contributed by atoms with Crippen molar-refractivity contribution in [1.29, 1.82) is 0 Å². The number of imide groups is 1. The van der Waals surface area contributed by atoms with Crippen LogP contribution in [0.4, 0.5) is 5.69 Å². The van der Waals surface area contributed by atoms with Crippen molar-refractivity contribution in [2.75, 3.05) is 4.90 Å². The lowest BCUT2D eigenvalue weighted by Crippen LogP contribution is -2.29. The Hall–Kier alpha value is -2.43. The molecule has 19 heavy (non-hydrogen) atoms. The van der Waals surface area contributed by atoms with Gasteiger partial charge in [0.05, 0.1) is 5.69 Å². The predicted octanol–water partition coefficient (Wildman–Crippen LogP) is 1.75. The maximum absolute atomic E-state index is 11.7. The van der Waals surface area contributed by atoms with Crippen LogP contribution in [0.1, 0.15) is 24.0 Å². The van der Waals surface area contributed by atoms with Crippen LogP contribution in [0.5, 0.6) is 0 Å². The van der Waals surface area contributed by atoms with Crippen molar-refractivity contribution in [3.8, 4) is 0 Å². The second kappa shape index (κ2) is 5.06. The molecule has 0 saturated carbocycles. The number of carboxylic acid groups (broad SMARTS) is 1. The van der Waals surface area contributed by atoms with Gasteiger partial charge < -0.3 is 5.11 Å². The Morgan fingerprint density at radius 3 is 2.42 bits per heavy atom. The molecule has 0 atom stereocenters. The molecule has 0 bridgehead atoms. The Kier molecular flexibility index (Phi) is 3.46. The van der Waals surface area contributed by atoms with Crippen molar-refractivity contribution in [2.45, 2.75) is 19.8 Å². The Morgan fingerprint density at radius 2 is 1.89 bits per heavy atom. The molecule has 0 spiro atoms. The molecule has 1 aromatic rings. The van der Waals surface area contributed by atoms with Crippen LogP contribution in [0.2, 0.25) is 0 Å². The Labute approximate surface area is 110 Å². The van der Waals surface area contributed by atoms with E-state index in [9.17, 15) is 14.4 Å². The van der Waals surface area contributed by atoms with Gasteiger partial charge in [0.1, 0.15) is 0 Å². The molecule has 2 rings (SSSR count). The fourth-order valence-electron chi connectivity index (χ4n) is 2.05. The van der Waals surface area contributed by atoms with E-state index in [1.165, 1.54) is 11.0 Å². The second-order valence-corrected chi connectivity index (χ2v) is 4.34.